The molecule has 28 heavy (non-hydrogen) atoms. The van der Waals surface area contributed by atoms with Crippen molar-refractivity contribution < 1.29 is 17.9 Å². The molecule has 2 aromatic rings. The Bertz CT molecular complexity index is 807. The Kier molecular flexibility index (Phi) is 5.13. The Morgan fingerprint density at radius 3 is 2.54 bits per heavy atom. The number of aryl methyl sites for hydroxylation is 1. The second-order valence-corrected chi connectivity index (χ2v) is 7.29. The zero-order valence-corrected chi connectivity index (χ0v) is 15.7. The molecule has 10 heteroatoms. The van der Waals surface area contributed by atoms with Crippen LogP contribution in [0.3, 0.4) is 0 Å². The third-order valence-electron chi connectivity index (χ3n) is 5.15. The van der Waals surface area contributed by atoms with E-state index in [1.807, 2.05) is 0 Å². The van der Waals surface area contributed by atoms with Crippen molar-refractivity contribution in [3.63, 3.8) is 0 Å². The molecule has 2 fully saturated rings. The number of alkyl halides is 2. The van der Waals surface area contributed by atoms with E-state index in [-0.39, 0.29) is 30.5 Å². The molecule has 1 aliphatic carbocycles. The number of nitrogens with one attached hydrogen (secondary N) is 1. The molecule has 1 N–H and O–H groups in total. The van der Waals surface area contributed by atoms with E-state index in [1.54, 1.807) is 13.0 Å². The molecule has 4 rings (SSSR count). The predicted molar refractivity (Wildman–Crippen MR) is 97.7 cm³/mol. The number of halogens is 3. The molecule has 0 spiro atoms. The standard InChI is InChI=1S/C18H23F3N6O/c1-12-14(19)11-27(25-12)17-23-15(22-13-2-4-18(20,21)5-3-13)10-16(24-17)26-6-8-28-9-7-26/h10-11,13H,2-9H2,1H3,(H,22,23,24). The number of anilines is 2. The summed E-state index contributed by atoms with van der Waals surface area (Å²) in [5.41, 5.74) is 0.254. The van der Waals surface area contributed by atoms with Gasteiger partial charge in [0.1, 0.15) is 11.6 Å². The molecule has 2 aliphatic rings. The van der Waals surface area contributed by atoms with Gasteiger partial charge in [-0.15, -0.1) is 0 Å². The lowest BCUT2D eigenvalue weighted by Crippen LogP contribution is -2.37. The molecule has 0 bridgehead atoms. The van der Waals surface area contributed by atoms with Gasteiger partial charge in [-0.3, -0.25) is 0 Å². The average Bonchev–Trinajstić information content (AvgIpc) is 3.03. The van der Waals surface area contributed by atoms with Gasteiger partial charge in [-0.25, -0.2) is 17.9 Å². The van der Waals surface area contributed by atoms with Gasteiger partial charge in [0.2, 0.25) is 5.92 Å². The fourth-order valence-corrected chi connectivity index (χ4v) is 3.49. The van der Waals surface area contributed by atoms with Crippen LogP contribution in [0.4, 0.5) is 24.8 Å². The number of rotatable bonds is 4. The van der Waals surface area contributed by atoms with Crippen molar-refractivity contribution in [2.75, 3.05) is 36.5 Å². The Morgan fingerprint density at radius 1 is 1.18 bits per heavy atom. The highest BCUT2D eigenvalue weighted by molar-refractivity contribution is 5.52. The van der Waals surface area contributed by atoms with Crippen LogP contribution in [-0.2, 0) is 4.74 Å². The Hall–Kier alpha value is -2.36. The molecule has 0 unspecified atom stereocenters. The lowest BCUT2D eigenvalue weighted by atomic mass is 9.92. The van der Waals surface area contributed by atoms with Gasteiger partial charge in [-0.1, -0.05) is 0 Å². The van der Waals surface area contributed by atoms with Crippen LogP contribution in [0, 0.1) is 12.7 Å². The van der Waals surface area contributed by atoms with E-state index in [0.29, 0.717) is 50.8 Å². The van der Waals surface area contributed by atoms with Gasteiger partial charge in [0.25, 0.3) is 5.95 Å². The van der Waals surface area contributed by atoms with Crippen molar-refractivity contribution in [1.82, 2.24) is 19.7 Å². The summed E-state index contributed by atoms with van der Waals surface area (Å²) in [5, 5.41) is 7.37. The van der Waals surface area contributed by atoms with Gasteiger partial charge < -0.3 is 15.0 Å². The molecule has 1 saturated carbocycles. The molecule has 0 radical (unpaired) electrons. The number of hydrogen-bond acceptors (Lipinski definition) is 6. The summed E-state index contributed by atoms with van der Waals surface area (Å²) in [4.78, 5) is 11.0. The van der Waals surface area contributed by atoms with E-state index >= 15 is 0 Å². The summed E-state index contributed by atoms with van der Waals surface area (Å²) in [5.74, 6) is -1.59. The van der Waals surface area contributed by atoms with Crippen molar-refractivity contribution in [2.24, 2.45) is 0 Å². The number of aromatic nitrogens is 4. The summed E-state index contributed by atoms with van der Waals surface area (Å²) in [7, 11) is 0. The molecule has 3 heterocycles. The normalized spacial score (nSPS) is 20.4. The molecule has 2 aromatic heterocycles. The van der Waals surface area contributed by atoms with Gasteiger partial charge >= 0.3 is 0 Å². The SMILES string of the molecule is Cc1nn(-c2nc(NC3CCC(F)(F)CC3)cc(N3CCOCC3)n2)cc1F. The van der Waals surface area contributed by atoms with E-state index in [9.17, 15) is 13.2 Å². The topological polar surface area (TPSA) is 68.1 Å². The lowest BCUT2D eigenvalue weighted by molar-refractivity contribution is -0.0361. The van der Waals surface area contributed by atoms with Crippen LogP contribution in [0.1, 0.15) is 31.4 Å². The molecule has 1 saturated heterocycles. The van der Waals surface area contributed by atoms with Gasteiger partial charge in [0.15, 0.2) is 5.82 Å². The highest BCUT2D eigenvalue weighted by atomic mass is 19.3. The van der Waals surface area contributed by atoms with Gasteiger partial charge in [0.05, 0.1) is 25.1 Å². The summed E-state index contributed by atoms with van der Waals surface area (Å²) in [6, 6.07) is 1.71. The first-order chi connectivity index (χ1) is 13.4. The first-order valence-corrected chi connectivity index (χ1v) is 9.48. The number of nitrogens with zero attached hydrogens (tertiary/aromatic N) is 5. The fraction of sp³-hybridized carbons (Fsp3) is 0.611. The number of ether oxygens (including phenoxy) is 1. The van der Waals surface area contributed by atoms with E-state index < -0.39 is 11.7 Å². The third kappa shape index (κ3) is 4.21. The first kappa shape index (κ1) is 19.0. The molecular weight excluding hydrogens is 373 g/mol. The van der Waals surface area contributed by atoms with Crippen LogP contribution in [-0.4, -0.2) is 58.0 Å². The lowest BCUT2D eigenvalue weighted by Gasteiger charge is -2.30. The van der Waals surface area contributed by atoms with Gasteiger partial charge in [-0.2, -0.15) is 15.1 Å². The van der Waals surface area contributed by atoms with E-state index in [1.165, 1.54) is 10.9 Å². The molecule has 0 aromatic carbocycles. The molecular formula is C18H23F3N6O. The minimum Gasteiger partial charge on any atom is -0.378 e. The molecule has 1 aliphatic heterocycles. The highest BCUT2D eigenvalue weighted by Gasteiger charge is 2.35. The maximum Gasteiger partial charge on any atom is 0.254 e. The second kappa shape index (κ2) is 7.57. The summed E-state index contributed by atoms with van der Waals surface area (Å²) in [6.45, 7) is 4.11. The maximum atomic E-state index is 13.8. The zero-order chi connectivity index (χ0) is 19.7. The highest BCUT2D eigenvalue weighted by Crippen LogP contribution is 2.34. The molecule has 0 amide bonds. The van der Waals surface area contributed by atoms with Crippen molar-refractivity contribution in [1.29, 1.82) is 0 Å². The van der Waals surface area contributed by atoms with Crippen LogP contribution < -0.4 is 10.2 Å². The molecule has 7 nitrogen and oxygen atoms in total. The predicted octanol–water partition coefficient (Wildman–Crippen LogP) is 2.94. The number of morpholine rings is 1. The largest absolute Gasteiger partial charge is 0.378 e. The van der Waals surface area contributed by atoms with Crippen molar-refractivity contribution in [3.05, 3.63) is 23.8 Å². The van der Waals surface area contributed by atoms with E-state index in [4.69, 9.17) is 4.74 Å². The Labute approximate surface area is 160 Å². The first-order valence-electron chi connectivity index (χ1n) is 9.48. The maximum absolute atomic E-state index is 13.8. The van der Waals surface area contributed by atoms with Gasteiger partial charge in [0, 0.05) is 38.0 Å². The Morgan fingerprint density at radius 2 is 1.89 bits per heavy atom. The molecule has 0 atom stereocenters. The quantitative estimate of drug-likeness (QED) is 0.857. The smallest absolute Gasteiger partial charge is 0.254 e. The zero-order valence-electron chi connectivity index (χ0n) is 15.7. The summed E-state index contributed by atoms with van der Waals surface area (Å²) >= 11 is 0. The molecule has 152 valence electrons. The van der Waals surface area contributed by atoms with Crippen molar-refractivity contribution >= 4 is 11.6 Å². The van der Waals surface area contributed by atoms with Gasteiger partial charge in [-0.05, 0) is 19.8 Å². The number of hydrogen-bond donors (Lipinski definition) is 1. The monoisotopic (exact) mass is 396 g/mol. The minimum atomic E-state index is -2.59. The van der Waals surface area contributed by atoms with Crippen LogP contribution >= 0.6 is 0 Å². The summed E-state index contributed by atoms with van der Waals surface area (Å²) in [6.07, 6.45) is 1.70. The van der Waals surface area contributed by atoms with Crippen LogP contribution in [0.2, 0.25) is 0 Å². The van der Waals surface area contributed by atoms with Crippen LogP contribution in [0.5, 0.6) is 0 Å². The summed E-state index contributed by atoms with van der Waals surface area (Å²) < 4.78 is 47.3. The van der Waals surface area contributed by atoms with E-state index in [2.05, 4.69) is 25.3 Å². The van der Waals surface area contributed by atoms with Crippen molar-refractivity contribution in [2.45, 2.75) is 44.6 Å². The van der Waals surface area contributed by atoms with Crippen molar-refractivity contribution in [3.8, 4) is 5.95 Å². The van der Waals surface area contributed by atoms with Crippen LogP contribution in [0.15, 0.2) is 12.3 Å². The van der Waals surface area contributed by atoms with Crippen LogP contribution in [0.25, 0.3) is 5.95 Å². The second-order valence-electron chi connectivity index (χ2n) is 7.29. The van der Waals surface area contributed by atoms with E-state index in [0.717, 1.165) is 0 Å². The average molecular weight is 396 g/mol. The fourth-order valence-electron chi connectivity index (χ4n) is 3.49. The third-order valence-corrected chi connectivity index (χ3v) is 5.15. The Balaban J connectivity index is 1.61. The minimum absolute atomic E-state index is 0.0870.